The third kappa shape index (κ3) is 1.26. The normalized spacial score (nSPS) is 56.6. The van der Waals surface area contributed by atoms with E-state index in [1.165, 1.54) is 0 Å². The lowest BCUT2D eigenvalue weighted by Gasteiger charge is -2.30. The van der Waals surface area contributed by atoms with E-state index in [-0.39, 0.29) is 10.8 Å². The molecule has 0 heterocycles. The van der Waals surface area contributed by atoms with Gasteiger partial charge >= 0.3 is 0 Å². The van der Waals surface area contributed by atoms with Gasteiger partial charge in [0.1, 0.15) is 8.67 Å². The lowest BCUT2D eigenvalue weighted by molar-refractivity contribution is 0.200. The van der Waals surface area contributed by atoms with Gasteiger partial charge in [0.05, 0.1) is 0 Å². The van der Waals surface area contributed by atoms with Gasteiger partial charge in [0.15, 0.2) is 0 Å². The van der Waals surface area contributed by atoms with Gasteiger partial charge in [-0.05, 0) is 31.6 Å². The first-order chi connectivity index (χ1) is 7.15. The van der Waals surface area contributed by atoms with Crippen molar-refractivity contribution in [2.75, 3.05) is 0 Å². The lowest BCUT2D eigenvalue weighted by atomic mass is 9.75. The van der Waals surface area contributed by atoms with Gasteiger partial charge in [0.25, 0.3) is 0 Å². The van der Waals surface area contributed by atoms with Crippen LogP contribution < -0.4 is 0 Å². The molecule has 0 amide bonds. The van der Waals surface area contributed by atoms with Gasteiger partial charge in [-0.1, -0.05) is 13.8 Å². The molecule has 0 saturated heterocycles. The summed E-state index contributed by atoms with van der Waals surface area (Å²) >= 11 is 25.2. The molecule has 0 aromatic heterocycles. The molecule has 4 atom stereocenters. The number of fused-ring (bicyclic) bond motifs is 1. The van der Waals surface area contributed by atoms with Crippen molar-refractivity contribution in [3.63, 3.8) is 0 Å². The zero-order valence-electron chi connectivity index (χ0n) is 9.49. The van der Waals surface area contributed by atoms with Gasteiger partial charge in [-0.15, -0.1) is 46.4 Å². The zero-order valence-corrected chi connectivity index (χ0v) is 12.5. The second-order valence-electron chi connectivity index (χ2n) is 6.36. The maximum atomic E-state index is 6.36. The average molecular weight is 302 g/mol. The summed E-state index contributed by atoms with van der Waals surface area (Å²) in [4.78, 5) is 0. The highest BCUT2D eigenvalue weighted by molar-refractivity contribution is 6.52. The van der Waals surface area contributed by atoms with Crippen molar-refractivity contribution in [1.29, 1.82) is 0 Å². The summed E-state index contributed by atoms with van der Waals surface area (Å²) < 4.78 is -1.02. The molecular formula is C12H16Cl4. The van der Waals surface area contributed by atoms with Crippen LogP contribution in [0.2, 0.25) is 0 Å². The van der Waals surface area contributed by atoms with Crippen molar-refractivity contribution in [3.05, 3.63) is 0 Å². The molecule has 0 aliphatic heterocycles. The largest absolute Gasteiger partial charge is 0.127 e. The van der Waals surface area contributed by atoms with Crippen molar-refractivity contribution in [2.45, 2.75) is 48.2 Å². The van der Waals surface area contributed by atoms with Gasteiger partial charge in [-0.25, -0.2) is 0 Å². The highest BCUT2D eigenvalue weighted by atomic mass is 35.5. The van der Waals surface area contributed by atoms with Gasteiger partial charge < -0.3 is 0 Å². The molecule has 0 spiro atoms. The van der Waals surface area contributed by atoms with E-state index in [0.29, 0.717) is 11.8 Å². The molecule has 16 heavy (non-hydrogen) atoms. The van der Waals surface area contributed by atoms with Crippen LogP contribution in [-0.4, -0.2) is 8.67 Å². The van der Waals surface area contributed by atoms with Gasteiger partial charge in [0, 0.05) is 16.7 Å². The van der Waals surface area contributed by atoms with Crippen molar-refractivity contribution in [1.82, 2.24) is 0 Å². The number of halogens is 4. The van der Waals surface area contributed by atoms with Crippen molar-refractivity contribution in [3.8, 4) is 0 Å². The molecule has 0 aromatic rings. The molecule has 3 aliphatic rings. The van der Waals surface area contributed by atoms with Crippen LogP contribution in [-0.2, 0) is 0 Å². The molecule has 92 valence electrons. The fourth-order valence-corrected chi connectivity index (χ4v) is 5.61. The van der Waals surface area contributed by atoms with Gasteiger partial charge in [-0.3, -0.25) is 0 Å². The highest BCUT2D eigenvalue weighted by Gasteiger charge is 2.77. The van der Waals surface area contributed by atoms with E-state index >= 15 is 0 Å². The van der Waals surface area contributed by atoms with Crippen LogP contribution in [0.15, 0.2) is 0 Å². The minimum Gasteiger partial charge on any atom is -0.101 e. The van der Waals surface area contributed by atoms with Crippen molar-refractivity contribution >= 4 is 46.4 Å². The van der Waals surface area contributed by atoms with E-state index in [4.69, 9.17) is 46.4 Å². The Balaban J connectivity index is 1.76. The molecule has 0 bridgehead atoms. The van der Waals surface area contributed by atoms with E-state index in [1.54, 1.807) is 0 Å². The van der Waals surface area contributed by atoms with Crippen molar-refractivity contribution in [2.24, 2.45) is 22.7 Å². The summed E-state index contributed by atoms with van der Waals surface area (Å²) in [5.74, 6) is 1.02. The third-order valence-electron chi connectivity index (χ3n) is 5.62. The third-order valence-corrected chi connectivity index (χ3v) is 8.14. The SMILES string of the molecule is C[C@@]1([C@@H]2CC[C@]3(C)[C@H](C2)C3(Cl)Cl)CC1(Cl)Cl. The highest BCUT2D eigenvalue weighted by Crippen LogP contribution is 2.79. The quantitative estimate of drug-likeness (QED) is 0.585. The topological polar surface area (TPSA) is 0 Å². The Kier molecular flexibility index (Phi) is 2.29. The lowest BCUT2D eigenvalue weighted by Crippen LogP contribution is -2.24. The Hall–Kier alpha value is 1.16. The summed E-state index contributed by atoms with van der Waals surface area (Å²) in [6, 6.07) is 0. The Labute approximate surface area is 117 Å². The van der Waals surface area contributed by atoms with Gasteiger partial charge in [-0.2, -0.15) is 0 Å². The van der Waals surface area contributed by atoms with E-state index in [2.05, 4.69) is 13.8 Å². The van der Waals surface area contributed by atoms with Crippen LogP contribution in [0, 0.1) is 22.7 Å². The fourth-order valence-electron chi connectivity index (χ4n) is 3.74. The molecule has 4 heteroatoms. The van der Waals surface area contributed by atoms with Crippen LogP contribution in [0.25, 0.3) is 0 Å². The smallest absolute Gasteiger partial charge is 0.101 e. The Morgan fingerprint density at radius 2 is 1.56 bits per heavy atom. The minimum absolute atomic E-state index is 0.0872. The standard InChI is InChI=1S/C12H16Cl4/c1-9-4-3-7(5-8(9)12(9,15)16)10(2)6-11(10,13)14/h7-8H,3-6H2,1-2H3/t7-,8+,9-,10+/m1/s1. The first-order valence-corrected chi connectivity index (χ1v) is 7.42. The van der Waals surface area contributed by atoms with Crippen LogP contribution in [0.3, 0.4) is 0 Å². The molecule has 3 saturated carbocycles. The Bertz CT molecular complexity index is 351. The van der Waals surface area contributed by atoms with Crippen LogP contribution in [0.1, 0.15) is 39.5 Å². The summed E-state index contributed by atoms with van der Waals surface area (Å²) in [6.07, 6.45) is 4.26. The van der Waals surface area contributed by atoms with Crippen LogP contribution >= 0.6 is 46.4 Å². The van der Waals surface area contributed by atoms with E-state index in [1.807, 2.05) is 0 Å². The second kappa shape index (κ2) is 3.00. The first-order valence-electron chi connectivity index (χ1n) is 5.91. The maximum Gasteiger partial charge on any atom is 0.127 e. The average Bonchev–Trinajstić information content (AvgIpc) is 2.83. The van der Waals surface area contributed by atoms with Crippen LogP contribution in [0.4, 0.5) is 0 Å². The summed E-state index contributed by atoms with van der Waals surface area (Å²) in [5, 5.41) is 0. The molecule has 0 radical (unpaired) electrons. The molecule has 3 fully saturated rings. The summed E-state index contributed by atoms with van der Waals surface area (Å²) in [6.45, 7) is 4.41. The number of alkyl halides is 4. The molecule has 3 rings (SSSR count). The molecule has 0 aromatic carbocycles. The van der Waals surface area contributed by atoms with E-state index in [0.717, 1.165) is 25.7 Å². The number of hydrogen-bond acceptors (Lipinski definition) is 0. The molecule has 0 unspecified atom stereocenters. The summed E-state index contributed by atoms with van der Waals surface area (Å²) in [5.41, 5.74) is 0.225. The Morgan fingerprint density at radius 1 is 1.00 bits per heavy atom. The molecule has 0 N–H and O–H groups in total. The first kappa shape index (κ1) is 12.2. The zero-order chi connectivity index (χ0) is 12.0. The maximum absolute atomic E-state index is 6.36. The summed E-state index contributed by atoms with van der Waals surface area (Å²) in [7, 11) is 0. The predicted molar refractivity (Wildman–Crippen MR) is 70.5 cm³/mol. The second-order valence-corrected chi connectivity index (χ2v) is 9.23. The number of hydrogen-bond donors (Lipinski definition) is 0. The van der Waals surface area contributed by atoms with Crippen LogP contribution in [0.5, 0.6) is 0 Å². The Morgan fingerprint density at radius 3 is 2.00 bits per heavy atom. The molecule has 0 nitrogen and oxygen atoms in total. The predicted octanol–water partition coefficient (Wildman–Crippen LogP) is 5.18. The molecule has 3 aliphatic carbocycles. The number of rotatable bonds is 1. The van der Waals surface area contributed by atoms with E-state index < -0.39 is 8.67 Å². The monoisotopic (exact) mass is 300 g/mol. The fraction of sp³-hybridized carbons (Fsp3) is 1.00. The van der Waals surface area contributed by atoms with Crippen molar-refractivity contribution < 1.29 is 0 Å². The van der Waals surface area contributed by atoms with Gasteiger partial charge in [0.2, 0.25) is 0 Å². The minimum atomic E-state index is -0.512. The van der Waals surface area contributed by atoms with E-state index in [9.17, 15) is 0 Å². The molecular weight excluding hydrogens is 286 g/mol.